The van der Waals surface area contributed by atoms with Crippen LogP contribution in [0.3, 0.4) is 0 Å². The number of rotatable bonds is 8. The van der Waals surface area contributed by atoms with Gasteiger partial charge in [-0.1, -0.05) is 11.6 Å². The van der Waals surface area contributed by atoms with E-state index in [1.165, 1.54) is 21.3 Å². The van der Waals surface area contributed by atoms with E-state index in [4.69, 9.17) is 30.5 Å². The van der Waals surface area contributed by atoms with Gasteiger partial charge in [0.2, 0.25) is 11.6 Å². The molecule has 4 aromatic rings. The van der Waals surface area contributed by atoms with Gasteiger partial charge in [0.15, 0.2) is 17.3 Å². The van der Waals surface area contributed by atoms with E-state index in [1.54, 1.807) is 60.3 Å². The Morgan fingerprint density at radius 1 is 0.857 bits per heavy atom. The number of carbonyl (C=O) groups is 1. The fraction of sp³-hybridized carbons (Fsp3) is 0.160. The van der Waals surface area contributed by atoms with E-state index in [2.05, 4.69) is 15.4 Å². The van der Waals surface area contributed by atoms with E-state index in [9.17, 15) is 4.79 Å². The molecule has 1 amide bonds. The monoisotopic (exact) mass is 494 g/mol. The van der Waals surface area contributed by atoms with Crippen molar-refractivity contribution >= 4 is 23.2 Å². The molecule has 0 atom stereocenters. The molecule has 3 aromatic carbocycles. The van der Waals surface area contributed by atoms with Gasteiger partial charge in [-0.2, -0.15) is 0 Å². The zero-order chi connectivity index (χ0) is 24.9. The molecule has 0 unspecified atom stereocenters. The highest BCUT2D eigenvalue weighted by molar-refractivity contribution is 6.30. The van der Waals surface area contributed by atoms with Crippen molar-refractivity contribution in [1.29, 1.82) is 0 Å². The molecule has 0 saturated heterocycles. The van der Waals surface area contributed by atoms with Gasteiger partial charge in [0.05, 0.1) is 34.1 Å². The normalized spacial score (nSPS) is 10.5. The van der Waals surface area contributed by atoms with Gasteiger partial charge in [-0.25, -0.2) is 9.67 Å². The molecule has 0 saturated carbocycles. The predicted molar refractivity (Wildman–Crippen MR) is 132 cm³/mol. The molecule has 10 heteroatoms. The first-order chi connectivity index (χ1) is 17.0. The molecule has 0 fully saturated rings. The van der Waals surface area contributed by atoms with Crippen molar-refractivity contribution in [2.45, 2.75) is 0 Å². The lowest BCUT2D eigenvalue weighted by Gasteiger charge is -2.14. The van der Waals surface area contributed by atoms with E-state index < -0.39 is 5.91 Å². The summed E-state index contributed by atoms with van der Waals surface area (Å²) in [6, 6.07) is 17.5. The lowest BCUT2D eigenvalue weighted by Crippen LogP contribution is -2.14. The molecule has 0 aliphatic heterocycles. The second-order valence-electron chi connectivity index (χ2n) is 7.24. The summed E-state index contributed by atoms with van der Waals surface area (Å²) in [5, 5.41) is 7.84. The summed E-state index contributed by atoms with van der Waals surface area (Å²) in [4.78, 5) is 17.6. The summed E-state index contributed by atoms with van der Waals surface area (Å²) in [5.74, 6) is 1.90. The number of ether oxygens (including phenoxy) is 4. The van der Waals surface area contributed by atoms with Gasteiger partial charge in [-0.15, -0.1) is 5.10 Å². The third-order valence-corrected chi connectivity index (χ3v) is 5.40. The van der Waals surface area contributed by atoms with Crippen molar-refractivity contribution in [1.82, 2.24) is 14.8 Å². The maximum Gasteiger partial charge on any atom is 0.295 e. The van der Waals surface area contributed by atoms with Crippen molar-refractivity contribution in [3.8, 4) is 40.1 Å². The predicted octanol–water partition coefficient (Wildman–Crippen LogP) is 4.87. The van der Waals surface area contributed by atoms with Crippen molar-refractivity contribution in [2.75, 3.05) is 33.8 Å². The average Bonchev–Trinajstić information content (AvgIpc) is 3.35. The summed E-state index contributed by atoms with van der Waals surface area (Å²) in [7, 11) is 6.17. The number of hydrogen-bond donors (Lipinski definition) is 1. The molecule has 1 N–H and O–H groups in total. The van der Waals surface area contributed by atoms with E-state index >= 15 is 0 Å². The zero-order valence-corrected chi connectivity index (χ0v) is 20.3. The largest absolute Gasteiger partial charge is 0.497 e. The number of hydrogen-bond acceptors (Lipinski definition) is 7. The molecule has 0 aliphatic rings. The van der Waals surface area contributed by atoms with Crippen molar-refractivity contribution in [2.24, 2.45) is 0 Å². The lowest BCUT2D eigenvalue weighted by atomic mass is 10.1. The second kappa shape index (κ2) is 10.4. The summed E-state index contributed by atoms with van der Waals surface area (Å²) < 4.78 is 23.2. The minimum absolute atomic E-state index is 0.0282. The highest BCUT2D eigenvalue weighted by Crippen LogP contribution is 2.41. The minimum atomic E-state index is -0.478. The van der Waals surface area contributed by atoms with Crippen LogP contribution in [0.25, 0.3) is 17.1 Å². The summed E-state index contributed by atoms with van der Waals surface area (Å²) in [5.41, 5.74) is 1.84. The molecule has 0 aliphatic carbocycles. The van der Waals surface area contributed by atoms with Crippen LogP contribution in [-0.2, 0) is 0 Å². The topological polar surface area (TPSA) is 96.7 Å². The van der Waals surface area contributed by atoms with Crippen LogP contribution in [-0.4, -0.2) is 49.1 Å². The Morgan fingerprint density at radius 2 is 1.49 bits per heavy atom. The van der Waals surface area contributed by atoms with Crippen LogP contribution >= 0.6 is 11.6 Å². The smallest absolute Gasteiger partial charge is 0.295 e. The van der Waals surface area contributed by atoms with Gasteiger partial charge in [0.1, 0.15) is 5.75 Å². The standard InChI is InChI=1S/C25H23ClN4O5/c1-32-19-11-9-18(10-12-19)30-24(15-13-20(33-2)22(35-4)21(14-15)34-3)28-23(29-30)25(31)27-17-7-5-16(26)6-8-17/h5-14H,1-4H3,(H,27,31). The molecule has 1 aromatic heterocycles. The lowest BCUT2D eigenvalue weighted by molar-refractivity contribution is 0.101. The van der Waals surface area contributed by atoms with E-state index in [1.807, 2.05) is 12.1 Å². The average molecular weight is 495 g/mol. The third kappa shape index (κ3) is 4.99. The Hall–Kier alpha value is -4.24. The van der Waals surface area contributed by atoms with Gasteiger partial charge in [-0.3, -0.25) is 4.79 Å². The molecule has 9 nitrogen and oxygen atoms in total. The number of amides is 1. The van der Waals surface area contributed by atoms with Crippen LogP contribution in [0, 0.1) is 0 Å². The minimum Gasteiger partial charge on any atom is -0.497 e. The number of nitrogens with zero attached hydrogens (tertiary/aromatic N) is 3. The van der Waals surface area contributed by atoms with E-state index in [0.717, 1.165) is 0 Å². The maximum atomic E-state index is 13.0. The zero-order valence-electron chi connectivity index (χ0n) is 19.5. The highest BCUT2D eigenvalue weighted by atomic mass is 35.5. The molecular formula is C25H23ClN4O5. The number of anilines is 1. The number of benzene rings is 3. The Bertz CT molecular complexity index is 1310. The Labute approximate surface area is 207 Å². The highest BCUT2D eigenvalue weighted by Gasteiger charge is 2.22. The Morgan fingerprint density at radius 3 is 2.03 bits per heavy atom. The van der Waals surface area contributed by atoms with Crippen LogP contribution in [0.4, 0.5) is 5.69 Å². The summed E-state index contributed by atoms with van der Waals surface area (Å²) in [6.07, 6.45) is 0. The van der Waals surface area contributed by atoms with Crippen molar-refractivity contribution in [3.05, 3.63) is 71.5 Å². The van der Waals surface area contributed by atoms with E-state index in [-0.39, 0.29) is 5.82 Å². The molecule has 180 valence electrons. The summed E-state index contributed by atoms with van der Waals surface area (Å²) in [6.45, 7) is 0. The Balaban J connectivity index is 1.82. The van der Waals surface area contributed by atoms with Crippen molar-refractivity contribution < 1.29 is 23.7 Å². The second-order valence-corrected chi connectivity index (χ2v) is 7.68. The first-order valence-electron chi connectivity index (χ1n) is 10.5. The van der Waals surface area contributed by atoms with Gasteiger partial charge >= 0.3 is 0 Å². The molecule has 4 rings (SSSR count). The number of nitrogens with one attached hydrogen (secondary N) is 1. The van der Waals surface area contributed by atoms with Gasteiger partial charge in [0, 0.05) is 16.3 Å². The fourth-order valence-electron chi connectivity index (χ4n) is 3.43. The number of halogens is 1. The number of carbonyl (C=O) groups excluding carboxylic acids is 1. The molecular weight excluding hydrogens is 472 g/mol. The van der Waals surface area contributed by atoms with Crippen LogP contribution in [0.1, 0.15) is 10.6 Å². The van der Waals surface area contributed by atoms with Crippen LogP contribution in [0.15, 0.2) is 60.7 Å². The molecule has 0 bridgehead atoms. The number of aromatic nitrogens is 3. The van der Waals surface area contributed by atoms with Gasteiger partial charge in [0.25, 0.3) is 5.91 Å². The molecule has 0 radical (unpaired) electrons. The SMILES string of the molecule is COc1ccc(-n2nc(C(=O)Nc3ccc(Cl)cc3)nc2-c2cc(OC)c(OC)c(OC)c2)cc1. The molecule has 1 heterocycles. The fourth-order valence-corrected chi connectivity index (χ4v) is 3.55. The molecule has 35 heavy (non-hydrogen) atoms. The van der Waals surface area contributed by atoms with Crippen LogP contribution < -0.4 is 24.3 Å². The summed E-state index contributed by atoms with van der Waals surface area (Å²) >= 11 is 5.94. The van der Waals surface area contributed by atoms with Crippen LogP contribution in [0.2, 0.25) is 5.02 Å². The van der Waals surface area contributed by atoms with Gasteiger partial charge < -0.3 is 24.3 Å². The maximum absolute atomic E-state index is 13.0. The Kier molecular flexibility index (Phi) is 7.07. The first kappa shape index (κ1) is 23.9. The molecule has 0 spiro atoms. The van der Waals surface area contributed by atoms with Gasteiger partial charge in [-0.05, 0) is 60.7 Å². The van der Waals surface area contributed by atoms with E-state index in [0.29, 0.717) is 50.8 Å². The van der Waals surface area contributed by atoms with Crippen LogP contribution in [0.5, 0.6) is 23.0 Å². The van der Waals surface area contributed by atoms with Crippen molar-refractivity contribution in [3.63, 3.8) is 0 Å². The first-order valence-corrected chi connectivity index (χ1v) is 10.8. The third-order valence-electron chi connectivity index (χ3n) is 5.15. The quantitative estimate of drug-likeness (QED) is 0.373. The number of methoxy groups -OCH3 is 4.